The van der Waals surface area contributed by atoms with Gasteiger partial charge in [-0.05, 0) is 47.9 Å². The summed E-state index contributed by atoms with van der Waals surface area (Å²) in [5.41, 5.74) is 4.31. The summed E-state index contributed by atoms with van der Waals surface area (Å²) < 4.78 is 0. The predicted octanol–water partition coefficient (Wildman–Crippen LogP) is 4.90. The Bertz CT molecular complexity index is 724. The summed E-state index contributed by atoms with van der Waals surface area (Å²) in [4.78, 5) is 11.6. The molecule has 116 valence electrons. The van der Waals surface area contributed by atoms with Crippen molar-refractivity contribution in [2.45, 2.75) is 32.6 Å². The topological polar surface area (TPSA) is 17.1 Å². The maximum Gasteiger partial charge on any atom is 0.162 e. The molecule has 0 aliphatic carbocycles. The second kappa shape index (κ2) is 8.15. The van der Waals surface area contributed by atoms with Gasteiger partial charge in [0.05, 0.1) is 0 Å². The first-order valence-electron chi connectivity index (χ1n) is 8.01. The molecule has 0 fully saturated rings. The van der Waals surface area contributed by atoms with E-state index in [0.29, 0.717) is 0 Å². The van der Waals surface area contributed by atoms with E-state index in [1.807, 2.05) is 31.2 Å². The van der Waals surface area contributed by atoms with Crippen LogP contribution < -0.4 is 0 Å². The summed E-state index contributed by atoms with van der Waals surface area (Å²) in [6.07, 6.45) is 3.64. The highest BCUT2D eigenvalue weighted by Crippen LogP contribution is 2.17. The maximum atomic E-state index is 11.6. The lowest BCUT2D eigenvalue weighted by Gasteiger charge is -2.07. The highest BCUT2D eigenvalue weighted by atomic mass is 16.1. The number of carbonyl (C=O) groups excluding carboxylic acids is 1. The molecule has 0 bridgehead atoms. The molecule has 0 saturated heterocycles. The van der Waals surface area contributed by atoms with Crippen molar-refractivity contribution in [1.29, 1.82) is 0 Å². The van der Waals surface area contributed by atoms with Gasteiger partial charge in [0.1, 0.15) is 0 Å². The molecular formula is C22H22O. The van der Waals surface area contributed by atoms with Crippen molar-refractivity contribution >= 4 is 5.78 Å². The molecule has 0 heterocycles. The third-order valence-electron chi connectivity index (χ3n) is 3.88. The molecule has 0 aromatic heterocycles. The molecular weight excluding hydrogens is 280 g/mol. The van der Waals surface area contributed by atoms with E-state index in [4.69, 9.17) is 0 Å². The van der Waals surface area contributed by atoms with Crippen molar-refractivity contribution in [3.63, 3.8) is 0 Å². The molecule has 0 spiro atoms. The molecule has 0 radical (unpaired) electrons. The second-order valence-corrected chi connectivity index (χ2v) is 5.65. The highest BCUT2D eigenvalue weighted by molar-refractivity contribution is 5.94. The molecule has 1 atom stereocenters. The van der Waals surface area contributed by atoms with E-state index in [-0.39, 0.29) is 11.7 Å². The second-order valence-electron chi connectivity index (χ2n) is 5.65. The van der Waals surface area contributed by atoms with Crippen molar-refractivity contribution in [1.82, 2.24) is 0 Å². The van der Waals surface area contributed by atoms with Crippen molar-refractivity contribution in [2.75, 3.05) is 0 Å². The van der Waals surface area contributed by atoms with Gasteiger partial charge in [-0.3, -0.25) is 4.79 Å². The number of carbonyl (C=O) groups is 1. The third kappa shape index (κ3) is 4.69. The van der Waals surface area contributed by atoms with E-state index < -0.39 is 0 Å². The molecule has 2 aromatic rings. The van der Waals surface area contributed by atoms with Gasteiger partial charge in [0.2, 0.25) is 0 Å². The normalized spacial score (nSPS) is 11.2. The van der Waals surface area contributed by atoms with E-state index in [2.05, 4.69) is 49.6 Å². The van der Waals surface area contributed by atoms with Gasteiger partial charge < -0.3 is 0 Å². The number of benzene rings is 2. The summed E-state index contributed by atoms with van der Waals surface area (Å²) in [6.45, 7) is 7.61. The van der Waals surface area contributed by atoms with Crippen LogP contribution >= 0.6 is 0 Å². The third-order valence-corrected chi connectivity index (χ3v) is 3.88. The van der Waals surface area contributed by atoms with Crippen LogP contribution in [0.25, 0.3) is 0 Å². The van der Waals surface area contributed by atoms with E-state index in [9.17, 15) is 4.79 Å². The Morgan fingerprint density at radius 2 is 1.57 bits per heavy atom. The first-order chi connectivity index (χ1) is 11.1. The van der Waals surface area contributed by atoms with Crippen LogP contribution in [0.2, 0.25) is 0 Å². The lowest BCUT2D eigenvalue weighted by Crippen LogP contribution is -2.05. The number of allylic oxidation sites excluding steroid dienone is 1. The lowest BCUT2D eigenvalue weighted by atomic mass is 9.96. The molecule has 0 saturated carbocycles. The first-order valence-corrected chi connectivity index (χ1v) is 8.01. The van der Waals surface area contributed by atoms with Crippen molar-refractivity contribution < 1.29 is 4.79 Å². The molecule has 0 N–H and O–H groups in total. The van der Waals surface area contributed by atoms with Crippen LogP contribution in [0, 0.1) is 11.8 Å². The standard InChI is InChI=1S/C22H22O/c1-4-6-18-7-9-19(10-8-18)11-12-20-13-15-21(16-14-20)17(3)22(23)5-2/h5,7-10,13-17H,2,4,6H2,1,3H3. The Labute approximate surface area is 139 Å². The number of hydrogen-bond acceptors (Lipinski definition) is 1. The summed E-state index contributed by atoms with van der Waals surface area (Å²) in [7, 11) is 0. The largest absolute Gasteiger partial charge is 0.294 e. The average molecular weight is 302 g/mol. The Morgan fingerprint density at radius 3 is 2.04 bits per heavy atom. The van der Waals surface area contributed by atoms with E-state index in [1.165, 1.54) is 11.6 Å². The molecule has 0 aliphatic rings. The summed E-state index contributed by atoms with van der Waals surface area (Å²) in [5, 5.41) is 0. The molecule has 0 amide bonds. The first kappa shape index (κ1) is 16.8. The molecule has 1 heteroatoms. The maximum absolute atomic E-state index is 11.6. The number of ketones is 1. The van der Waals surface area contributed by atoms with Crippen LogP contribution in [0.4, 0.5) is 0 Å². The van der Waals surface area contributed by atoms with Crippen molar-refractivity contribution in [2.24, 2.45) is 0 Å². The van der Waals surface area contributed by atoms with Gasteiger partial charge in [0.15, 0.2) is 5.78 Å². The zero-order valence-electron chi connectivity index (χ0n) is 13.8. The van der Waals surface area contributed by atoms with E-state index in [0.717, 1.165) is 29.5 Å². The summed E-state index contributed by atoms with van der Waals surface area (Å²) in [6, 6.07) is 16.2. The van der Waals surface area contributed by atoms with Crippen LogP contribution in [0.3, 0.4) is 0 Å². The average Bonchev–Trinajstić information content (AvgIpc) is 2.60. The fourth-order valence-corrected chi connectivity index (χ4v) is 2.38. The van der Waals surface area contributed by atoms with Crippen LogP contribution in [0.15, 0.2) is 61.2 Å². The summed E-state index contributed by atoms with van der Waals surface area (Å²) in [5.74, 6) is 6.23. The minimum atomic E-state index is -0.152. The van der Waals surface area contributed by atoms with Gasteiger partial charge >= 0.3 is 0 Å². The zero-order valence-corrected chi connectivity index (χ0v) is 13.8. The number of aryl methyl sites for hydroxylation is 1. The molecule has 23 heavy (non-hydrogen) atoms. The van der Waals surface area contributed by atoms with Gasteiger partial charge in [-0.15, -0.1) is 0 Å². The van der Waals surface area contributed by atoms with Gasteiger partial charge in [0, 0.05) is 17.0 Å². The zero-order chi connectivity index (χ0) is 16.7. The Hall–Kier alpha value is -2.59. The monoisotopic (exact) mass is 302 g/mol. The van der Waals surface area contributed by atoms with Crippen molar-refractivity contribution in [3.05, 3.63) is 83.4 Å². The highest BCUT2D eigenvalue weighted by Gasteiger charge is 2.11. The van der Waals surface area contributed by atoms with E-state index in [1.54, 1.807) is 0 Å². The van der Waals surface area contributed by atoms with Gasteiger partial charge in [-0.1, -0.05) is 63.0 Å². The summed E-state index contributed by atoms with van der Waals surface area (Å²) >= 11 is 0. The molecule has 2 aromatic carbocycles. The number of rotatable bonds is 5. The lowest BCUT2D eigenvalue weighted by molar-refractivity contribution is -0.115. The molecule has 0 aliphatic heterocycles. The molecule has 1 nitrogen and oxygen atoms in total. The fourth-order valence-electron chi connectivity index (χ4n) is 2.38. The SMILES string of the molecule is C=CC(=O)C(C)c1ccc(C#Cc2ccc(CCC)cc2)cc1. The van der Waals surface area contributed by atoms with Crippen LogP contribution in [-0.4, -0.2) is 5.78 Å². The van der Waals surface area contributed by atoms with Crippen LogP contribution in [-0.2, 0) is 11.2 Å². The Kier molecular flexibility index (Phi) is 5.94. The predicted molar refractivity (Wildman–Crippen MR) is 96.5 cm³/mol. The quantitative estimate of drug-likeness (QED) is 0.567. The minimum Gasteiger partial charge on any atom is -0.294 e. The molecule has 2 rings (SSSR count). The van der Waals surface area contributed by atoms with Crippen LogP contribution in [0.5, 0.6) is 0 Å². The van der Waals surface area contributed by atoms with Gasteiger partial charge in [-0.2, -0.15) is 0 Å². The van der Waals surface area contributed by atoms with E-state index >= 15 is 0 Å². The van der Waals surface area contributed by atoms with Crippen LogP contribution in [0.1, 0.15) is 48.4 Å². The smallest absolute Gasteiger partial charge is 0.162 e. The molecule has 1 unspecified atom stereocenters. The Balaban J connectivity index is 2.09. The minimum absolute atomic E-state index is 0.0380. The van der Waals surface area contributed by atoms with Gasteiger partial charge in [-0.25, -0.2) is 0 Å². The number of hydrogen-bond donors (Lipinski definition) is 0. The van der Waals surface area contributed by atoms with Gasteiger partial charge in [0.25, 0.3) is 0 Å². The fraction of sp³-hybridized carbons (Fsp3) is 0.227. The van der Waals surface area contributed by atoms with Crippen molar-refractivity contribution in [3.8, 4) is 11.8 Å². The Morgan fingerprint density at radius 1 is 1.04 bits per heavy atom.